The predicted octanol–water partition coefficient (Wildman–Crippen LogP) is 0.677. The lowest BCUT2D eigenvalue weighted by atomic mass is 10.5. The zero-order valence-corrected chi connectivity index (χ0v) is 9.38. The quantitative estimate of drug-likeness (QED) is 0.721. The molecule has 15 heavy (non-hydrogen) atoms. The van der Waals surface area contributed by atoms with Crippen LogP contribution < -0.4 is 11.1 Å². The highest BCUT2D eigenvalue weighted by molar-refractivity contribution is 8.00. The molecule has 0 aliphatic rings. The van der Waals surface area contributed by atoms with Gasteiger partial charge in [0.1, 0.15) is 5.03 Å². The van der Waals surface area contributed by atoms with Crippen LogP contribution in [0.25, 0.3) is 0 Å². The van der Waals surface area contributed by atoms with Crippen molar-refractivity contribution in [2.24, 2.45) is 0 Å². The lowest BCUT2D eigenvalue weighted by molar-refractivity contribution is -0.118. The topological polar surface area (TPSA) is 80.9 Å². The molecule has 0 aromatic carbocycles. The van der Waals surface area contributed by atoms with Crippen LogP contribution in [0.1, 0.15) is 13.3 Å². The molecule has 0 saturated heterocycles. The van der Waals surface area contributed by atoms with E-state index in [0.29, 0.717) is 23.1 Å². The SMILES string of the molecule is CCCNC(=O)CSc1nccnc1N. The molecule has 0 atom stereocenters. The molecule has 0 aliphatic carbocycles. The molecular formula is C9H14N4OS. The summed E-state index contributed by atoms with van der Waals surface area (Å²) in [6.45, 7) is 2.71. The number of anilines is 1. The summed E-state index contributed by atoms with van der Waals surface area (Å²) in [7, 11) is 0. The predicted molar refractivity (Wildman–Crippen MR) is 60.5 cm³/mol. The summed E-state index contributed by atoms with van der Waals surface area (Å²) in [5.74, 6) is 0.681. The summed E-state index contributed by atoms with van der Waals surface area (Å²) < 4.78 is 0. The molecule has 82 valence electrons. The molecular weight excluding hydrogens is 212 g/mol. The molecule has 0 spiro atoms. The van der Waals surface area contributed by atoms with Gasteiger partial charge in [0.15, 0.2) is 5.82 Å². The van der Waals surface area contributed by atoms with Crippen molar-refractivity contribution in [2.75, 3.05) is 18.0 Å². The Morgan fingerprint density at radius 2 is 2.27 bits per heavy atom. The average molecular weight is 226 g/mol. The van der Waals surface area contributed by atoms with Crippen LogP contribution in [0, 0.1) is 0 Å². The Morgan fingerprint density at radius 3 is 2.93 bits per heavy atom. The van der Waals surface area contributed by atoms with Crippen molar-refractivity contribution in [3.63, 3.8) is 0 Å². The van der Waals surface area contributed by atoms with E-state index in [1.165, 1.54) is 18.0 Å². The minimum Gasteiger partial charge on any atom is -0.381 e. The van der Waals surface area contributed by atoms with E-state index in [1.807, 2.05) is 6.92 Å². The molecule has 5 nitrogen and oxygen atoms in total. The number of rotatable bonds is 5. The van der Waals surface area contributed by atoms with Crippen molar-refractivity contribution in [3.05, 3.63) is 12.4 Å². The van der Waals surface area contributed by atoms with E-state index in [2.05, 4.69) is 15.3 Å². The summed E-state index contributed by atoms with van der Waals surface area (Å²) in [6, 6.07) is 0. The molecule has 0 fully saturated rings. The van der Waals surface area contributed by atoms with Crippen LogP contribution in [0.3, 0.4) is 0 Å². The van der Waals surface area contributed by atoms with Gasteiger partial charge < -0.3 is 11.1 Å². The van der Waals surface area contributed by atoms with Crippen LogP contribution in [0.5, 0.6) is 0 Å². The van der Waals surface area contributed by atoms with Gasteiger partial charge in [-0.15, -0.1) is 0 Å². The third-order valence-electron chi connectivity index (χ3n) is 1.60. The summed E-state index contributed by atoms with van der Waals surface area (Å²) in [6.07, 6.45) is 4.02. The molecule has 1 amide bonds. The second-order valence-electron chi connectivity index (χ2n) is 2.89. The highest BCUT2D eigenvalue weighted by Gasteiger charge is 2.05. The molecule has 1 heterocycles. The van der Waals surface area contributed by atoms with Gasteiger partial charge in [-0.3, -0.25) is 4.79 Å². The van der Waals surface area contributed by atoms with Gasteiger partial charge in [-0.1, -0.05) is 18.7 Å². The number of carbonyl (C=O) groups is 1. The van der Waals surface area contributed by atoms with Crippen molar-refractivity contribution in [1.82, 2.24) is 15.3 Å². The molecule has 0 radical (unpaired) electrons. The number of nitrogens with two attached hydrogens (primary N) is 1. The molecule has 0 unspecified atom stereocenters. The van der Waals surface area contributed by atoms with Crippen LogP contribution in [-0.4, -0.2) is 28.2 Å². The number of nitrogens with one attached hydrogen (secondary N) is 1. The van der Waals surface area contributed by atoms with E-state index in [0.717, 1.165) is 6.42 Å². The summed E-state index contributed by atoms with van der Waals surface area (Å²) in [5, 5.41) is 3.37. The minimum absolute atomic E-state index is 0.00750. The average Bonchev–Trinajstić information content (AvgIpc) is 2.25. The summed E-state index contributed by atoms with van der Waals surface area (Å²) in [5.41, 5.74) is 5.58. The van der Waals surface area contributed by atoms with Crippen LogP contribution in [0.4, 0.5) is 5.82 Å². The van der Waals surface area contributed by atoms with E-state index in [-0.39, 0.29) is 5.91 Å². The maximum absolute atomic E-state index is 11.3. The number of aromatic nitrogens is 2. The van der Waals surface area contributed by atoms with Crippen molar-refractivity contribution < 1.29 is 4.79 Å². The van der Waals surface area contributed by atoms with E-state index >= 15 is 0 Å². The maximum Gasteiger partial charge on any atom is 0.230 e. The third kappa shape index (κ3) is 4.16. The zero-order valence-electron chi connectivity index (χ0n) is 8.56. The van der Waals surface area contributed by atoms with Gasteiger partial charge in [0.25, 0.3) is 0 Å². The first-order valence-corrected chi connectivity index (χ1v) is 5.68. The zero-order chi connectivity index (χ0) is 11.1. The fraction of sp³-hybridized carbons (Fsp3) is 0.444. The highest BCUT2D eigenvalue weighted by atomic mass is 32.2. The van der Waals surface area contributed by atoms with Gasteiger partial charge in [-0.05, 0) is 6.42 Å². The number of nitrogen functional groups attached to an aromatic ring is 1. The maximum atomic E-state index is 11.3. The van der Waals surface area contributed by atoms with Crippen molar-refractivity contribution in [2.45, 2.75) is 18.4 Å². The van der Waals surface area contributed by atoms with E-state index < -0.39 is 0 Å². The van der Waals surface area contributed by atoms with E-state index in [1.54, 1.807) is 6.20 Å². The van der Waals surface area contributed by atoms with Gasteiger partial charge in [-0.25, -0.2) is 9.97 Å². The Kier molecular flexibility index (Phi) is 4.89. The third-order valence-corrected chi connectivity index (χ3v) is 2.60. The van der Waals surface area contributed by atoms with Crippen LogP contribution in [0.15, 0.2) is 17.4 Å². The number of amides is 1. The Morgan fingerprint density at radius 1 is 1.53 bits per heavy atom. The molecule has 1 aromatic rings. The molecule has 1 aromatic heterocycles. The Bertz CT molecular complexity index is 332. The second kappa shape index (κ2) is 6.23. The van der Waals surface area contributed by atoms with Gasteiger partial charge in [0.05, 0.1) is 5.75 Å². The van der Waals surface area contributed by atoms with Crippen molar-refractivity contribution in [1.29, 1.82) is 0 Å². The van der Waals surface area contributed by atoms with Crippen LogP contribution in [0.2, 0.25) is 0 Å². The van der Waals surface area contributed by atoms with Gasteiger partial charge in [0, 0.05) is 18.9 Å². The Balaban J connectivity index is 2.37. The van der Waals surface area contributed by atoms with Gasteiger partial charge >= 0.3 is 0 Å². The second-order valence-corrected chi connectivity index (χ2v) is 3.85. The molecule has 1 rings (SSSR count). The Hall–Kier alpha value is -1.30. The minimum atomic E-state index is -0.00750. The number of thioether (sulfide) groups is 1. The normalized spacial score (nSPS) is 9.93. The number of carbonyl (C=O) groups excluding carboxylic acids is 1. The lowest BCUT2D eigenvalue weighted by Gasteiger charge is -2.03. The largest absolute Gasteiger partial charge is 0.381 e. The van der Waals surface area contributed by atoms with Gasteiger partial charge in [-0.2, -0.15) is 0 Å². The molecule has 6 heteroatoms. The standard InChI is InChI=1S/C9H14N4OS/c1-2-3-11-7(14)6-15-9-8(10)12-4-5-13-9/h4-5H,2-3,6H2,1H3,(H2,10,12)(H,11,14). The first kappa shape index (κ1) is 11.8. The molecule has 0 bridgehead atoms. The fourth-order valence-electron chi connectivity index (χ4n) is 0.897. The fourth-order valence-corrected chi connectivity index (χ4v) is 1.60. The first-order valence-electron chi connectivity index (χ1n) is 4.70. The lowest BCUT2D eigenvalue weighted by Crippen LogP contribution is -2.25. The first-order chi connectivity index (χ1) is 7.24. The van der Waals surface area contributed by atoms with Crippen LogP contribution >= 0.6 is 11.8 Å². The monoisotopic (exact) mass is 226 g/mol. The molecule has 3 N–H and O–H groups in total. The highest BCUT2D eigenvalue weighted by Crippen LogP contribution is 2.18. The smallest absolute Gasteiger partial charge is 0.230 e. The van der Waals surface area contributed by atoms with Crippen molar-refractivity contribution in [3.8, 4) is 0 Å². The molecule has 0 aliphatic heterocycles. The van der Waals surface area contributed by atoms with E-state index in [4.69, 9.17) is 5.73 Å². The van der Waals surface area contributed by atoms with Gasteiger partial charge in [0.2, 0.25) is 5.91 Å². The van der Waals surface area contributed by atoms with E-state index in [9.17, 15) is 4.79 Å². The van der Waals surface area contributed by atoms with Crippen LogP contribution in [-0.2, 0) is 4.79 Å². The Labute approximate surface area is 92.9 Å². The van der Waals surface area contributed by atoms with Crippen molar-refractivity contribution >= 4 is 23.5 Å². The summed E-state index contributed by atoms with van der Waals surface area (Å²) >= 11 is 1.29. The number of hydrogen-bond donors (Lipinski definition) is 2. The summed E-state index contributed by atoms with van der Waals surface area (Å²) in [4.78, 5) is 19.2. The molecule has 0 saturated carbocycles. The number of nitrogens with zero attached hydrogens (tertiary/aromatic N) is 2. The number of hydrogen-bond acceptors (Lipinski definition) is 5.